The lowest BCUT2D eigenvalue weighted by Gasteiger charge is -2.32. The molecule has 1 aliphatic heterocycles. The van der Waals surface area contributed by atoms with Crippen molar-refractivity contribution in [3.05, 3.63) is 89.2 Å². The van der Waals surface area contributed by atoms with Gasteiger partial charge in [0, 0.05) is 32.2 Å². The molecule has 4 N–H and O–H groups in total. The Kier molecular flexibility index (Phi) is 7.20. The molecule has 0 atom stereocenters. The van der Waals surface area contributed by atoms with E-state index in [1.165, 1.54) is 16.9 Å². The van der Waals surface area contributed by atoms with E-state index in [1.807, 2.05) is 24.3 Å². The molecule has 0 spiro atoms. The number of hydrogen-bond acceptors (Lipinski definition) is 7. The fraction of sp³-hybridized carbons (Fsp3) is 0.259. The van der Waals surface area contributed by atoms with E-state index in [9.17, 15) is 9.59 Å². The number of amides is 2. The highest BCUT2D eigenvalue weighted by Crippen LogP contribution is 2.24. The molecule has 36 heavy (non-hydrogen) atoms. The highest BCUT2D eigenvalue weighted by atomic mass is 32.1. The van der Waals surface area contributed by atoms with E-state index < -0.39 is 0 Å². The van der Waals surface area contributed by atoms with Gasteiger partial charge in [-0.1, -0.05) is 53.8 Å². The first-order valence-electron chi connectivity index (χ1n) is 12.0. The topological polar surface area (TPSA) is 113 Å². The van der Waals surface area contributed by atoms with Crippen LogP contribution in [-0.4, -0.2) is 45.8 Å². The van der Waals surface area contributed by atoms with Crippen LogP contribution in [0.25, 0.3) is 10.2 Å². The predicted octanol–water partition coefficient (Wildman–Crippen LogP) is 3.60. The molecule has 1 aliphatic rings. The minimum atomic E-state index is -0.331. The Hall–Kier alpha value is -3.82. The maximum absolute atomic E-state index is 12.8. The second-order valence-corrected chi connectivity index (χ2v) is 10.0. The fourth-order valence-corrected chi connectivity index (χ4v) is 5.19. The van der Waals surface area contributed by atoms with Crippen LogP contribution < -0.4 is 16.4 Å². The molecule has 2 amide bonds. The SMILES string of the molecule is Nc1nc2ccc(CNC(=O)c3cccc(C(=O)NC4CCN(Cc5ccccc5)CC4)n3)cc2s1. The van der Waals surface area contributed by atoms with Gasteiger partial charge in [-0.15, -0.1) is 0 Å². The van der Waals surface area contributed by atoms with Gasteiger partial charge in [0.05, 0.1) is 10.2 Å². The van der Waals surface area contributed by atoms with E-state index in [0.717, 1.165) is 48.3 Å². The number of likely N-dealkylation sites (tertiary alicyclic amines) is 1. The zero-order chi connectivity index (χ0) is 24.9. The van der Waals surface area contributed by atoms with Crippen molar-refractivity contribution < 1.29 is 9.59 Å². The van der Waals surface area contributed by atoms with Crippen LogP contribution in [0, 0.1) is 0 Å². The van der Waals surface area contributed by atoms with Gasteiger partial charge in [-0.05, 0) is 48.2 Å². The molecule has 0 saturated carbocycles. The van der Waals surface area contributed by atoms with Crippen molar-refractivity contribution in [2.75, 3.05) is 18.8 Å². The van der Waals surface area contributed by atoms with Gasteiger partial charge in [-0.2, -0.15) is 0 Å². The summed E-state index contributed by atoms with van der Waals surface area (Å²) in [4.78, 5) is 36.5. The smallest absolute Gasteiger partial charge is 0.270 e. The third-order valence-electron chi connectivity index (χ3n) is 6.31. The lowest BCUT2D eigenvalue weighted by atomic mass is 10.0. The number of nitrogens with one attached hydrogen (secondary N) is 2. The molecule has 2 aromatic heterocycles. The van der Waals surface area contributed by atoms with Gasteiger partial charge in [0.2, 0.25) is 0 Å². The Balaban J connectivity index is 1.13. The molecule has 3 heterocycles. The van der Waals surface area contributed by atoms with E-state index in [1.54, 1.807) is 18.2 Å². The van der Waals surface area contributed by atoms with Crippen molar-refractivity contribution in [1.29, 1.82) is 0 Å². The van der Waals surface area contributed by atoms with Gasteiger partial charge in [0.25, 0.3) is 11.8 Å². The van der Waals surface area contributed by atoms with Crippen LogP contribution in [-0.2, 0) is 13.1 Å². The minimum absolute atomic E-state index is 0.0968. The summed E-state index contributed by atoms with van der Waals surface area (Å²) in [5.41, 5.74) is 9.30. The van der Waals surface area contributed by atoms with Gasteiger partial charge in [-0.3, -0.25) is 14.5 Å². The molecule has 184 valence electrons. The average Bonchev–Trinajstić information content (AvgIpc) is 3.28. The molecular weight excluding hydrogens is 472 g/mol. The number of hydrogen-bond donors (Lipinski definition) is 3. The highest BCUT2D eigenvalue weighted by molar-refractivity contribution is 7.22. The van der Waals surface area contributed by atoms with E-state index in [2.05, 4.69) is 49.8 Å². The second-order valence-electron chi connectivity index (χ2n) is 8.95. The van der Waals surface area contributed by atoms with Crippen LogP contribution >= 0.6 is 11.3 Å². The summed E-state index contributed by atoms with van der Waals surface area (Å²) in [5.74, 6) is -0.581. The Labute approximate surface area is 213 Å². The van der Waals surface area contributed by atoms with E-state index >= 15 is 0 Å². The average molecular weight is 501 g/mol. The summed E-state index contributed by atoms with van der Waals surface area (Å²) < 4.78 is 0.974. The quantitative estimate of drug-likeness (QED) is 0.357. The Morgan fingerprint density at radius 2 is 1.67 bits per heavy atom. The lowest BCUT2D eigenvalue weighted by Crippen LogP contribution is -2.44. The number of rotatable bonds is 7. The summed E-state index contributed by atoms with van der Waals surface area (Å²) in [6, 6.07) is 21.2. The van der Waals surface area contributed by atoms with Crippen LogP contribution in [0.5, 0.6) is 0 Å². The number of carbonyl (C=O) groups excluding carboxylic acids is 2. The molecule has 5 rings (SSSR count). The first-order chi connectivity index (χ1) is 17.5. The fourth-order valence-electron chi connectivity index (χ4n) is 4.39. The first kappa shape index (κ1) is 23.9. The van der Waals surface area contributed by atoms with Crippen LogP contribution in [0.4, 0.5) is 5.13 Å². The van der Waals surface area contributed by atoms with Gasteiger partial charge in [0.1, 0.15) is 11.4 Å². The highest BCUT2D eigenvalue weighted by Gasteiger charge is 2.22. The Bertz CT molecular complexity index is 1370. The van der Waals surface area contributed by atoms with E-state index in [4.69, 9.17) is 5.73 Å². The summed E-state index contributed by atoms with van der Waals surface area (Å²) in [6.45, 7) is 3.11. The molecule has 0 radical (unpaired) electrons. The molecular formula is C27H28N6O2S. The molecule has 2 aromatic carbocycles. The number of fused-ring (bicyclic) bond motifs is 1. The molecule has 4 aromatic rings. The molecule has 1 saturated heterocycles. The number of piperidine rings is 1. The number of nitrogen functional groups attached to an aromatic ring is 1. The zero-order valence-corrected chi connectivity index (χ0v) is 20.6. The van der Waals surface area contributed by atoms with Crippen LogP contribution in [0.1, 0.15) is 44.9 Å². The molecule has 0 unspecified atom stereocenters. The summed E-state index contributed by atoms with van der Waals surface area (Å²) >= 11 is 1.41. The zero-order valence-electron chi connectivity index (χ0n) is 19.8. The van der Waals surface area contributed by atoms with Crippen LogP contribution in [0.2, 0.25) is 0 Å². The van der Waals surface area contributed by atoms with Crippen molar-refractivity contribution in [3.63, 3.8) is 0 Å². The largest absolute Gasteiger partial charge is 0.375 e. The first-order valence-corrected chi connectivity index (χ1v) is 12.8. The van der Waals surface area contributed by atoms with Crippen molar-refractivity contribution in [2.45, 2.75) is 32.0 Å². The number of aromatic nitrogens is 2. The maximum Gasteiger partial charge on any atom is 0.270 e. The van der Waals surface area contributed by atoms with Crippen molar-refractivity contribution in [1.82, 2.24) is 25.5 Å². The van der Waals surface area contributed by atoms with Crippen molar-refractivity contribution >= 4 is 38.5 Å². The van der Waals surface area contributed by atoms with Gasteiger partial charge >= 0.3 is 0 Å². The molecule has 9 heteroatoms. The third-order valence-corrected chi connectivity index (χ3v) is 7.16. The molecule has 1 fully saturated rings. The van der Waals surface area contributed by atoms with Crippen LogP contribution in [0.3, 0.4) is 0 Å². The van der Waals surface area contributed by atoms with E-state index in [0.29, 0.717) is 11.7 Å². The Morgan fingerprint density at radius 1 is 0.917 bits per heavy atom. The maximum atomic E-state index is 12.8. The monoisotopic (exact) mass is 500 g/mol. The van der Waals surface area contributed by atoms with Gasteiger partial charge < -0.3 is 16.4 Å². The Morgan fingerprint density at radius 3 is 2.44 bits per heavy atom. The number of anilines is 1. The number of thiazole rings is 1. The molecule has 0 bridgehead atoms. The predicted molar refractivity (Wildman–Crippen MR) is 142 cm³/mol. The standard InChI is InChI=1S/C27H28N6O2S/c28-27-32-21-10-9-19(15-24(21)36-27)16-29-25(34)22-7-4-8-23(31-22)26(35)30-20-11-13-33(14-12-20)17-18-5-2-1-3-6-18/h1-10,15,20H,11-14,16-17H2,(H2,28,32)(H,29,34)(H,30,35). The van der Waals surface area contributed by atoms with Crippen molar-refractivity contribution in [3.8, 4) is 0 Å². The molecule has 8 nitrogen and oxygen atoms in total. The number of nitrogens with two attached hydrogens (primary N) is 1. The number of nitrogens with zero attached hydrogens (tertiary/aromatic N) is 3. The number of pyridine rings is 1. The van der Waals surface area contributed by atoms with E-state index in [-0.39, 0.29) is 29.2 Å². The van der Waals surface area contributed by atoms with Gasteiger partial charge in [-0.25, -0.2) is 9.97 Å². The third kappa shape index (κ3) is 5.87. The molecule has 0 aliphatic carbocycles. The summed E-state index contributed by atoms with van der Waals surface area (Å²) in [7, 11) is 0. The van der Waals surface area contributed by atoms with Gasteiger partial charge in [0.15, 0.2) is 5.13 Å². The number of carbonyl (C=O) groups is 2. The summed E-state index contributed by atoms with van der Waals surface area (Å²) in [5, 5.41) is 6.48. The number of benzene rings is 2. The van der Waals surface area contributed by atoms with Crippen molar-refractivity contribution in [2.24, 2.45) is 0 Å². The minimum Gasteiger partial charge on any atom is -0.375 e. The normalized spacial score (nSPS) is 14.6. The second kappa shape index (κ2) is 10.8. The lowest BCUT2D eigenvalue weighted by molar-refractivity contribution is 0.0903. The van der Waals surface area contributed by atoms with Crippen LogP contribution in [0.15, 0.2) is 66.7 Å². The summed E-state index contributed by atoms with van der Waals surface area (Å²) in [6.07, 6.45) is 1.77.